The SMILES string of the molecule is CCOC(=O)c1ccc2cc(O)c(Cc3ccccc3)nc2c1. The maximum Gasteiger partial charge on any atom is 0.338 e. The van der Waals surface area contributed by atoms with Gasteiger partial charge in [0.1, 0.15) is 5.75 Å². The monoisotopic (exact) mass is 307 g/mol. The van der Waals surface area contributed by atoms with E-state index >= 15 is 0 Å². The van der Waals surface area contributed by atoms with Gasteiger partial charge in [0.15, 0.2) is 0 Å². The molecule has 3 aromatic rings. The smallest absolute Gasteiger partial charge is 0.338 e. The Labute approximate surface area is 134 Å². The summed E-state index contributed by atoms with van der Waals surface area (Å²) in [6, 6.07) is 16.6. The summed E-state index contributed by atoms with van der Waals surface area (Å²) in [6.45, 7) is 2.10. The lowest BCUT2D eigenvalue weighted by Gasteiger charge is -2.08. The van der Waals surface area contributed by atoms with E-state index in [1.54, 1.807) is 31.2 Å². The van der Waals surface area contributed by atoms with E-state index in [2.05, 4.69) is 4.98 Å². The van der Waals surface area contributed by atoms with Crippen molar-refractivity contribution in [3.63, 3.8) is 0 Å². The molecule has 0 atom stereocenters. The van der Waals surface area contributed by atoms with Crippen molar-refractivity contribution in [2.75, 3.05) is 6.61 Å². The van der Waals surface area contributed by atoms with E-state index in [0.717, 1.165) is 10.9 Å². The molecule has 0 fully saturated rings. The number of ether oxygens (including phenoxy) is 1. The van der Waals surface area contributed by atoms with Gasteiger partial charge in [-0.05, 0) is 30.7 Å². The van der Waals surface area contributed by atoms with Gasteiger partial charge in [0, 0.05) is 11.8 Å². The van der Waals surface area contributed by atoms with Crippen molar-refractivity contribution in [2.24, 2.45) is 0 Å². The van der Waals surface area contributed by atoms with E-state index in [9.17, 15) is 9.90 Å². The van der Waals surface area contributed by atoms with Crippen LogP contribution in [0.5, 0.6) is 5.75 Å². The first-order valence-electron chi connectivity index (χ1n) is 7.51. The lowest BCUT2D eigenvalue weighted by atomic mass is 10.1. The van der Waals surface area contributed by atoms with Crippen LogP contribution < -0.4 is 0 Å². The summed E-state index contributed by atoms with van der Waals surface area (Å²) in [5.41, 5.74) is 2.78. The highest BCUT2D eigenvalue weighted by molar-refractivity contribution is 5.94. The molecule has 2 aromatic carbocycles. The largest absolute Gasteiger partial charge is 0.506 e. The summed E-state index contributed by atoms with van der Waals surface area (Å²) in [5.74, 6) is -0.209. The van der Waals surface area contributed by atoms with Crippen molar-refractivity contribution >= 4 is 16.9 Å². The van der Waals surface area contributed by atoms with Crippen molar-refractivity contribution in [1.82, 2.24) is 4.98 Å². The Morgan fingerprint density at radius 2 is 1.91 bits per heavy atom. The average Bonchev–Trinajstić information content (AvgIpc) is 2.56. The fourth-order valence-electron chi connectivity index (χ4n) is 2.46. The number of aromatic hydroxyl groups is 1. The van der Waals surface area contributed by atoms with Gasteiger partial charge >= 0.3 is 5.97 Å². The summed E-state index contributed by atoms with van der Waals surface area (Å²) in [6.07, 6.45) is 0.534. The van der Waals surface area contributed by atoms with Gasteiger partial charge in [0.2, 0.25) is 0 Å². The molecule has 0 saturated heterocycles. The second kappa shape index (κ2) is 6.48. The highest BCUT2D eigenvalue weighted by atomic mass is 16.5. The molecule has 0 aliphatic heterocycles. The maximum absolute atomic E-state index is 11.8. The molecule has 0 aliphatic rings. The molecule has 0 bridgehead atoms. The third-order valence-corrected chi connectivity index (χ3v) is 3.60. The van der Waals surface area contributed by atoms with Crippen LogP contribution in [0.2, 0.25) is 0 Å². The van der Waals surface area contributed by atoms with Crippen molar-refractivity contribution in [3.05, 3.63) is 71.4 Å². The molecule has 1 N–H and O–H groups in total. The molecule has 3 rings (SSSR count). The predicted octanol–water partition coefficient (Wildman–Crippen LogP) is 3.71. The maximum atomic E-state index is 11.8. The molecule has 23 heavy (non-hydrogen) atoms. The number of pyridine rings is 1. The summed E-state index contributed by atoms with van der Waals surface area (Å²) in [7, 11) is 0. The van der Waals surface area contributed by atoms with E-state index < -0.39 is 0 Å². The molecule has 0 amide bonds. The molecule has 0 radical (unpaired) electrons. The van der Waals surface area contributed by atoms with Gasteiger partial charge in [-0.2, -0.15) is 0 Å². The fraction of sp³-hybridized carbons (Fsp3) is 0.158. The quantitative estimate of drug-likeness (QED) is 0.747. The molecular formula is C19H17NO3. The standard InChI is InChI=1S/C19H17NO3/c1-2-23-19(22)15-9-8-14-12-18(21)17(20-16(14)11-15)10-13-6-4-3-5-7-13/h3-9,11-12,21H,2,10H2,1H3. The van der Waals surface area contributed by atoms with E-state index in [1.165, 1.54) is 0 Å². The number of benzene rings is 2. The topological polar surface area (TPSA) is 59.4 Å². The zero-order chi connectivity index (χ0) is 16.2. The van der Waals surface area contributed by atoms with Crippen molar-refractivity contribution in [1.29, 1.82) is 0 Å². The molecule has 0 aliphatic carbocycles. The molecule has 4 nitrogen and oxygen atoms in total. The Balaban J connectivity index is 1.99. The van der Waals surface area contributed by atoms with Crippen LogP contribution in [0, 0.1) is 0 Å². The summed E-state index contributed by atoms with van der Waals surface area (Å²) < 4.78 is 5.01. The highest BCUT2D eigenvalue weighted by Crippen LogP contribution is 2.25. The first-order chi connectivity index (χ1) is 11.2. The van der Waals surface area contributed by atoms with Crippen LogP contribution in [0.25, 0.3) is 10.9 Å². The van der Waals surface area contributed by atoms with Crippen LogP contribution in [-0.4, -0.2) is 22.7 Å². The van der Waals surface area contributed by atoms with Gasteiger partial charge in [0.05, 0.1) is 23.4 Å². The fourth-order valence-corrected chi connectivity index (χ4v) is 2.46. The third kappa shape index (κ3) is 3.31. The molecule has 116 valence electrons. The minimum atomic E-state index is -0.367. The minimum Gasteiger partial charge on any atom is -0.506 e. The van der Waals surface area contributed by atoms with Gasteiger partial charge in [-0.3, -0.25) is 0 Å². The van der Waals surface area contributed by atoms with Crippen LogP contribution in [0.4, 0.5) is 0 Å². The number of carbonyl (C=O) groups is 1. The van der Waals surface area contributed by atoms with E-state index in [1.807, 2.05) is 30.3 Å². The molecule has 4 heteroatoms. The number of hydrogen-bond donors (Lipinski definition) is 1. The van der Waals surface area contributed by atoms with Crippen LogP contribution in [0.1, 0.15) is 28.5 Å². The Hall–Kier alpha value is -2.88. The molecule has 0 unspecified atom stereocenters. The Morgan fingerprint density at radius 1 is 1.13 bits per heavy atom. The zero-order valence-electron chi connectivity index (χ0n) is 12.8. The Morgan fingerprint density at radius 3 is 2.65 bits per heavy atom. The Bertz CT molecular complexity index is 844. The first-order valence-corrected chi connectivity index (χ1v) is 7.51. The number of carbonyl (C=O) groups excluding carboxylic acids is 1. The zero-order valence-corrected chi connectivity index (χ0v) is 12.8. The van der Waals surface area contributed by atoms with Crippen molar-refractivity contribution in [3.8, 4) is 5.75 Å². The lowest BCUT2D eigenvalue weighted by Crippen LogP contribution is -2.04. The van der Waals surface area contributed by atoms with Gasteiger partial charge in [-0.25, -0.2) is 9.78 Å². The van der Waals surface area contributed by atoms with Crippen LogP contribution in [0.3, 0.4) is 0 Å². The normalized spacial score (nSPS) is 10.7. The Kier molecular flexibility index (Phi) is 4.24. The minimum absolute atomic E-state index is 0.158. The van der Waals surface area contributed by atoms with Gasteiger partial charge in [-0.15, -0.1) is 0 Å². The second-order valence-corrected chi connectivity index (χ2v) is 5.24. The average molecular weight is 307 g/mol. The van der Waals surface area contributed by atoms with E-state index in [-0.39, 0.29) is 11.7 Å². The van der Waals surface area contributed by atoms with Crippen LogP contribution >= 0.6 is 0 Å². The van der Waals surface area contributed by atoms with E-state index in [0.29, 0.717) is 29.8 Å². The number of rotatable bonds is 4. The van der Waals surface area contributed by atoms with Gasteiger partial charge in [-0.1, -0.05) is 36.4 Å². The number of fused-ring (bicyclic) bond motifs is 1. The molecular weight excluding hydrogens is 290 g/mol. The summed E-state index contributed by atoms with van der Waals surface area (Å²) in [4.78, 5) is 16.3. The summed E-state index contributed by atoms with van der Waals surface area (Å²) in [5, 5.41) is 11.0. The van der Waals surface area contributed by atoms with Gasteiger partial charge in [0.25, 0.3) is 0 Å². The van der Waals surface area contributed by atoms with Crippen molar-refractivity contribution in [2.45, 2.75) is 13.3 Å². The predicted molar refractivity (Wildman–Crippen MR) is 88.6 cm³/mol. The van der Waals surface area contributed by atoms with Crippen molar-refractivity contribution < 1.29 is 14.6 Å². The summed E-state index contributed by atoms with van der Waals surface area (Å²) >= 11 is 0. The molecule has 1 aromatic heterocycles. The number of nitrogens with zero attached hydrogens (tertiary/aromatic N) is 1. The number of hydrogen-bond acceptors (Lipinski definition) is 4. The first kappa shape index (κ1) is 15.0. The molecule has 0 spiro atoms. The third-order valence-electron chi connectivity index (χ3n) is 3.60. The molecule has 1 heterocycles. The van der Waals surface area contributed by atoms with Crippen LogP contribution in [-0.2, 0) is 11.2 Å². The number of aromatic nitrogens is 1. The molecule has 0 saturated carbocycles. The van der Waals surface area contributed by atoms with Gasteiger partial charge < -0.3 is 9.84 Å². The highest BCUT2D eigenvalue weighted by Gasteiger charge is 2.11. The second-order valence-electron chi connectivity index (χ2n) is 5.24. The van der Waals surface area contributed by atoms with Crippen LogP contribution in [0.15, 0.2) is 54.6 Å². The van der Waals surface area contributed by atoms with E-state index in [4.69, 9.17) is 4.74 Å². The number of esters is 1. The lowest BCUT2D eigenvalue weighted by molar-refractivity contribution is 0.0526.